The zero-order valence-electron chi connectivity index (χ0n) is 24.9. The number of carbonyl (C=O) groups is 2. The fraction of sp³-hybridized carbons (Fsp3) is 0.333. The van der Waals surface area contributed by atoms with Gasteiger partial charge in [0.2, 0.25) is 11.8 Å². The van der Waals surface area contributed by atoms with Gasteiger partial charge >= 0.3 is 6.18 Å². The Kier molecular flexibility index (Phi) is 9.27. The van der Waals surface area contributed by atoms with Gasteiger partial charge in [-0.05, 0) is 59.0 Å². The van der Waals surface area contributed by atoms with E-state index in [1.54, 1.807) is 17.0 Å². The molecule has 0 spiro atoms. The van der Waals surface area contributed by atoms with E-state index in [9.17, 15) is 22.8 Å². The molecular weight excluding hydrogens is 619 g/mol. The molecule has 0 aliphatic carbocycles. The van der Waals surface area contributed by atoms with Gasteiger partial charge in [0.1, 0.15) is 18.7 Å². The zero-order valence-corrected chi connectivity index (χ0v) is 25.6. The monoisotopic (exact) mass is 651 g/mol. The highest BCUT2D eigenvalue weighted by Gasteiger charge is 2.34. The fourth-order valence-corrected chi connectivity index (χ4v) is 6.17. The molecule has 2 aliphatic heterocycles. The molecular formula is C33H33ClF3N7O2. The summed E-state index contributed by atoms with van der Waals surface area (Å²) in [6.45, 7) is 2.17. The quantitative estimate of drug-likeness (QED) is 0.298. The van der Waals surface area contributed by atoms with Crippen molar-refractivity contribution in [1.82, 2.24) is 30.3 Å². The predicted molar refractivity (Wildman–Crippen MR) is 167 cm³/mol. The number of amides is 2. The van der Waals surface area contributed by atoms with Crippen LogP contribution in [0.25, 0.3) is 0 Å². The molecule has 13 heteroatoms. The van der Waals surface area contributed by atoms with Crippen molar-refractivity contribution in [2.24, 2.45) is 0 Å². The molecule has 6 rings (SSSR count). The number of nitrogens with one attached hydrogen (secondary N) is 2. The number of carbonyl (C=O) groups excluding carboxylic acids is 2. The number of benzene rings is 3. The molecule has 0 saturated carbocycles. The first-order valence-corrected chi connectivity index (χ1v) is 15.4. The highest BCUT2D eigenvalue weighted by Crippen LogP contribution is 2.33. The SMILES string of the molecule is O=C(N[C@H](Cc1ccc(Cl)cc1)C(=O)N1CCN(c2ccc(C(F)(F)F)cc2Cn2cncn2)CC1)[C@H]1Cc2ccccc2CN1. The van der Waals surface area contributed by atoms with Crippen molar-refractivity contribution in [3.8, 4) is 0 Å². The van der Waals surface area contributed by atoms with E-state index in [1.165, 1.54) is 23.4 Å². The van der Waals surface area contributed by atoms with Gasteiger partial charge in [0.05, 0.1) is 18.2 Å². The summed E-state index contributed by atoms with van der Waals surface area (Å²) in [6.07, 6.45) is -0.892. The van der Waals surface area contributed by atoms with Crippen LogP contribution in [-0.4, -0.2) is 69.7 Å². The van der Waals surface area contributed by atoms with E-state index in [-0.39, 0.29) is 24.8 Å². The zero-order chi connectivity index (χ0) is 32.3. The minimum absolute atomic E-state index is 0.118. The summed E-state index contributed by atoms with van der Waals surface area (Å²) < 4.78 is 42.1. The summed E-state index contributed by atoms with van der Waals surface area (Å²) >= 11 is 6.08. The molecule has 46 heavy (non-hydrogen) atoms. The van der Waals surface area contributed by atoms with Gasteiger partial charge in [-0.2, -0.15) is 18.3 Å². The smallest absolute Gasteiger partial charge is 0.368 e. The molecule has 4 aromatic rings. The Morgan fingerprint density at radius 1 is 1.00 bits per heavy atom. The van der Waals surface area contributed by atoms with Gasteiger partial charge in [0.15, 0.2) is 0 Å². The first-order valence-electron chi connectivity index (χ1n) is 15.1. The Hall–Kier alpha value is -4.42. The van der Waals surface area contributed by atoms with Crippen molar-refractivity contribution in [3.05, 3.63) is 112 Å². The first-order chi connectivity index (χ1) is 22.1. The Labute approximate surface area is 269 Å². The molecule has 240 valence electrons. The second-order valence-corrected chi connectivity index (χ2v) is 12.0. The number of nitrogens with zero attached hydrogens (tertiary/aromatic N) is 5. The maximum absolute atomic E-state index is 14.0. The van der Waals surface area contributed by atoms with E-state index in [0.29, 0.717) is 55.4 Å². The average Bonchev–Trinajstić information content (AvgIpc) is 3.57. The lowest BCUT2D eigenvalue weighted by atomic mass is 9.95. The summed E-state index contributed by atoms with van der Waals surface area (Å²) in [4.78, 5) is 35.0. The number of rotatable bonds is 8. The van der Waals surface area contributed by atoms with Crippen LogP contribution in [0.5, 0.6) is 0 Å². The third-order valence-electron chi connectivity index (χ3n) is 8.50. The first kappa shape index (κ1) is 31.6. The Morgan fingerprint density at radius 3 is 2.43 bits per heavy atom. The van der Waals surface area contributed by atoms with Crippen molar-refractivity contribution in [2.75, 3.05) is 31.1 Å². The van der Waals surface area contributed by atoms with Crippen molar-refractivity contribution >= 4 is 29.1 Å². The van der Waals surface area contributed by atoms with Crippen LogP contribution in [0.1, 0.15) is 27.8 Å². The van der Waals surface area contributed by atoms with Crippen molar-refractivity contribution in [3.63, 3.8) is 0 Å². The maximum Gasteiger partial charge on any atom is 0.416 e. The third kappa shape index (κ3) is 7.34. The van der Waals surface area contributed by atoms with Gasteiger partial charge < -0.3 is 20.4 Å². The number of hydrogen-bond donors (Lipinski definition) is 2. The molecule has 1 saturated heterocycles. The van der Waals surface area contributed by atoms with Crippen LogP contribution in [0.3, 0.4) is 0 Å². The second-order valence-electron chi connectivity index (χ2n) is 11.5. The summed E-state index contributed by atoms with van der Waals surface area (Å²) in [7, 11) is 0. The van der Waals surface area contributed by atoms with Crippen LogP contribution < -0.4 is 15.5 Å². The van der Waals surface area contributed by atoms with Gasteiger partial charge in [0, 0.05) is 49.9 Å². The number of hydrogen-bond acceptors (Lipinski definition) is 6. The maximum atomic E-state index is 14.0. The van der Waals surface area contributed by atoms with Crippen molar-refractivity contribution in [2.45, 2.75) is 44.2 Å². The number of aromatic nitrogens is 3. The van der Waals surface area contributed by atoms with Gasteiger partial charge in [-0.25, -0.2) is 9.67 Å². The van der Waals surface area contributed by atoms with Gasteiger partial charge in [-0.3, -0.25) is 9.59 Å². The highest BCUT2D eigenvalue weighted by atomic mass is 35.5. The lowest BCUT2D eigenvalue weighted by Crippen LogP contribution is -2.58. The van der Waals surface area contributed by atoms with Crippen molar-refractivity contribution in [1.29, 1.82) is 0 Å². The Bertz CT molecular complexity index is 1670. The van der Waals surface area contributed by atoms with E-state index in [2.05, 4.69) is 20.7 Å². The normalized spacial score (nSPS) is 17.3. The molecule has 2 N–H and O–H groups in total. The molecule has 2 atom stereocenters. The number of anilines is 1. The van der Waals surface area contributed by atoms with E-state index in [4.69, 9.17) is 11.6 Å². The van der Waals surface area contributed by atoms with Crippen LogP contribution in [-0.2, 0) is 41.7 Å². The summed E-state index contributed by atoms with van der Waals surface area (Å²) in [5, 5.41) is 10.9. The van der Waals surface area contributed by atoms with E-state index >= 15 is 0 Å². The topological polar surface area (TPSA) is 95.4 Å². The third-order valence-corrected chi connectivity index (χ3v) is 8.76. The predicted octanol–water partition coefficient (Wildman–Crippen LogP) is 4.09. The van der Waals surface area contributed by atoms with E-state index < -0.39 is 23.8 Å². The molecule has 0 bridgehead atoms. The molecule has 0 radical (unpaired) electrons. The molecule has 2 aliphatic rings. The summed E-state index contributed by atoms with van der Waals surface area (Å²) in [6, 6.07) is 17.5. The van der Waals surface area contributed by atoms with E-state index in [0.717, 1.165) is 28.8 Å². The number of alkyl halides is 3. The lowest BCUT2D eigenvalue weighted by molar-refractivity contribution is -0.137. The summed E-state index contributed by atoms with van der Waals surface area (Å²) in [5.41, 5.74) is 3.46. The van der Waals surface area contributed by atoms with Gasteiger partial charge in [-0.15, -0.1) is 0 Å². The second kappa shape index (κ2) is 13.5. The molecule has 9 nitrogen and oxygen atoms in total. The molecule has 3 aromatic carbocycles. The minimum Gasteiger partial charge on any atom is -0.368 e. The number of halogens is 4. The van der Waals surface area contributed by atoms with Crippen molar-refractivity contribution < 1.29 is 22.8 Å². The van der Waals surface area contributed by atoms with Crippen LogP contribution in [0, 0.1) is 0 Å². The highest BCUT2D eigenvalue weighted by molar-refractivity contribution is 6.30. The Balaban J connectivity index is 1.16. The standard InChI is InChI=1S/C33H33ClF3N7O2/c34-27-8-5-22(6-9-27)15-29(41-31(45)28-17-23-3-1-2-4-24(23)18-39-28)32(46)43-13-11-42(12-14-43)30-10-7-26(33(35,36)37)16-25(30)19-44-21-38-20-40-44/h1-10,16,20-21,28-29,39H,11-15,17-19H2,(H,41,45)/t28-,29-/m1/s1. The fourth-order valence-electron chi connectivity index (χ4n) is 6.04. The van der Waals surface area contributed by atoms with Crippen LogP contribution in [0.15, 0.2) is 79.4 Å². The number of fused-ring (bicyclic) bond motifs is 1. The van der Waals surface area contributed by atoms with Crippen LogP contribution in [0.4, 0.5) is 18.9 Å². The minimum atomic E-state index is -4.49. The number of piperazine rings is 1. The summed E-state index contributed by atoms with van der Waals surface area (Å²) in [5.74, 6) is -0.461. The molecule has 2 amide bonds. The van der Waals surface area contributed by atoms with Gasteiger partial charge in [0.25, 0.3) is 0 Å². The Morgan fingerprint density at radius 2 is 1.74 bits per heavy atom. The lowest BCUT2D eigenvalue weighted by Gasteiger charge is -2.39. The molecule has 0 unspecified atom stereocenters. The molecule has 3 heterocycles. The van der Waals surface area contributed by atoms with Crippen LogP contribution in [0.2, 0.25) is 5.02 Å². The van der Waals surface area contributed by atoms with E-state index in [1.807, 2.05) is 41.3 Å². The average molecular weight is 652 g/mol. The molecule has 1 aromatic heterocycles. The van der Waals surface area contributed by atoms with Gasteiger partial charge in [-0.1, -0.05) is 48.0 Å². The van der Waals surface area contributed by atoms with Crippen LogP contribution >= 0.6 is 11.6 Å². The largest absolute Gasteiger partial charge is 0.416 e. The molecule has 1 fully saturated rings.